The highest BCUT2D eigenvalue weighted by Crippen LogP contribution is 2.21. The highest BCUT2D eigenvalue weighted by atomic mass is 32.2. The molecule has 0 aliphatic rings. The fourth-order valence-electron chi connectivity index (χ4n) is 1.62. The minimum absolute atomic E-state index is 0.109. The van der Waals surface area contributed by atoms with E-state index in [1.807, 2.05) is 20.8 Å². The third-order valence-electron chi connectivity index (χ3n) is 2.50. The van der Waals surface area contributed by atoms with E-state index in [2.05, 4.69) is 0 Å². The number of Topliss-reactive ketones (excluding diaryl/α,β-unsaturated/α-hetero) is 1. The van der Waals surface area contributed by atoms with E-state index < -0.39 is 9.84 Å². The predicted octanol–water partition coefficient (Wildman–Crippen LogP) is 2.76. The Morgan fingerprint density at radius 3 is 2.47 bits per heavy atom. The van der Waals surface area contributed by atoms with Crippen molar-refractivity contribution in [1.29, 1.82) is 0 Å². The van der Waals surface area contributed by atoms with Gasteiger partial charge in [0.05, 0.1) is 5.75 Å². The lowest BCUT2D eigenvalue weighted by molar-refractivity contribution is 0.102. The topological polar surface area (TPSA) is 51.2 Å². The van der Waals surface area contributed by atoms with E-state index in [4.69, 9.17) is 0 Å². The number of hydrogen-bond acceptors (Lipinski definition) is 4. The van der Waals surface area contributed by atoms with Crippen LogP contribution in [0.2, 0.25) is 0 Å². The molecule has 17 heavy (non-hydrogen) atoms. The zero-order valence-corrected chi connectivity index (χ0v) is 12.1. The number of rotatable bonds is 6. The molecule has 0 atom stereocenters. The Balaban J connectivity index is 2.76. The molecule has 1 heterocycles. The van der Waals surface area contributed by atoms with Crippen LogP contribution in [-0.2, 0) is 9.84 Å². The van der Waals surface area contributed by atoms with Crippen molar-refractivity contribution in [2.45, 2.75) is 33.6 Å². The summed E-state index contributed by atoms with van der Waals surface area (Å²) in [6.07, 6.45) is 1.45. The summed E-state index contributed by atoms with van der Waals surface area (Å²) < 4.78 is 23.3. The molecule has 0 aliphatic heterocycles. The van der Waals surface area contributed by atoms with Gasteiger partial charge in [-0.05, 0) is 26.3 Å². The first kappa shape index (κ1) is 14.4. The highest BCUT2D eigenvalue weighted by molar-refractivity contribution is 7.92. The second kappa shape index (κ2) is 5.78. The van der Waals surface area contributed by atoms with Gasteiger partial charge >= 0.3 is 0 Å². The van der Waals surface area contributed by atoms with Crippen molar-refractivity contribution in [1.82, 2.24) is 0 Å². The van der Waals surface area contributed by atoms with Crippen LogP contribution in [0.25, 0.3) is 0 Å². The zero-order valence-electron chi connectivity index (χ0n) is 10.4. The molecule has 0 spiro atoms. The Morgan fingerprint density at radius 2 is 2.00 bits per heavy atom. The maximum absolute atomic E-state index is 11.9. The molecule has 5 heteroatoms. The summed E-state index contributed by atoms with van der Waals surface area (Å²) in [6, 6.07) is 1.78. The van der Waals surface area contributed by atoms with Gasteiger partial charge in [-0.15, -0.1) is 11.3 Å². The minimum Gasteiger partial charge on any atom is -0.293 e. The van der Waals surface area contributed by atoms with Crippen LogP contribution in [0.4, 0.5) is 0 Å². The normalized spacial score (nSPS) is 11.7. The monoisotopic (exact) mass is 274 g/mol. The summed E-state index contributed by atoms with van der Waals surface area (Å²) >= 11 is 1.53. The van der Waals surface area contributed by atoms with Gasteiger partial charge in [-0.3, -0.25) is 4.79 Å². The van der Waals surface area contributed by atoms with Gasteiger partial charge in [0.1, 0.15) is 5.75 Å². The van der Waals surface area contributed by atoms with Gasteiger partial charge in [-0.2, -0.15) is 0 Å². The molecule has 0 bridgehead atoms. The average Bonchev–Trinajstić information content (AvgIpc) is 2.54. The van der Waals surface area contributed by atoms with E-state index in [1.165, 1.54) is 11.3 Å². The lowest BCUT2D eigenvalue weighted by Gasteiger charge is -2.02. The number of unbranched alkanes of at least 4 members (excludes halogenated alkanes) is 1. The van der Waals surface area contributed by atoms with Crippen molar-refractivity contribution in [3.8, 4) is 0 Å². The molecule has 96 valence electrons. The third kappa shape index (κ3) is 4.24. The number of carbonyl (C=O) groups excluding carboxylic acids is 1. The van der Waals surface area contributed by atoms with Crippen LogP contribution in [0.3, 0.4) is 0 Å². The summed E-state index contributed by atoms with van der Waals surface area (Å²) in [5, 5.41) is 0. The molecule has 1 rings (SSSR count). The quantitative estimate of drug-likeness (QED) is 0.749. The molecule has 0 aromatic carbocycles. The van der Waals surface area contributed by atoms with Crippen LogP contribution in [0.15, 0.2) is 6.07 Å². The van der Waals surface area contributed by atoms with Crippen LogP contribution < -0.4 is 0 Å². The number of carbonyl (C=O) groups is 1. The maximum atomic E-state index is 11.9. The van der Waals surface area contributed by atoms with E-state index in [9.17, 15) is 13.2 Å². The molecular formula is C12H18O3S2. The number of thiophene rings is 1. The SMILES string of the molecule is CCCCS(=O)(=O)CC(=O)c1cc(C)sc1C. The molecule has 0 radical (unpaired) electrons. The molecule has 0 N–H and O–H groups in total. The first-order chi connectivity index (χ1) is 7.85. The molecule has 1 aromatic heterocycles. The van der Waals surface area contributed by atoms with E-state index in [0.29, 0.717) is 12.0 Å². The van der Waals surface area contributed by atoms with Gasteiger partial charge in [-0.1, -0.05) is 13.3 Å². The van der Waals surface area contributed by atoms with Gasteiger partial charge < -0.3 is 0 Å². The van der Waals surface area contributed by atoms with Crippen molar-refractivity contribution in [2.24, 2.45) is 0 Å². The maximum Gasteiger partial charge on any atom is 0.178 e. The van der Waals surface area contributed by atoms with Gasteiger partial charge in [0.2, 0.25) is 0 Å². The molecule has 0 unspecified atom stereocenters. The van der Waals surface area contributed by atoms with Crippen molar-refractivity contribution >= 4 is 27.0 Å². The van der Waals surface area contributed by atoms with Crippen LogP contribution in [0, 0.1) is 13.8 Å². The third-order valence-corrected chi connectivity index (χ3v) is 5.08. The second-order valence-electron chi connectivity index (χ2n) is 4.20. The number of sulfone groups is 1. The Kier molecular flexibility index (Phi) is 4.89. The Hall–Kier alpha value is -0.680. The van der Waals surface area contributed by atoms with Crippen molar-refractivity contribution in [3.05, 3.63) is 21.4 Å². The van der Waals surface area contributed by atoms with Crippen LogP contribution in [-0.4, -0.2) is 25.7 Å². The van der Waals surface area contributed by atoms with E-state index in [1.54, 1.807) is 6.07 Å². The van der Waals surface area contributed by atoms with Crippen molar-refractivity contribution < 1.29 is 13.2 Å². The lowest BCUT2D eigenvalue weighted by atomic mass is 10.2. The molecule has 1 aromatic rings. The Labute approximate surface area is 107 Å². The second-order valence-corrected chi connectivity index (χ2v) is 7.84. The van der Waals surface area contributed by atoms with Crippen molar-refractivity contribution in [3.63, 3.8) is 0 Å². The molecule has 0 saturated carbocycles. The summed E-state index contributed by atoms with van der Waals surface area (Å²) in [6.45, 7) is 5.70. The minimum atomic E-state index is -3.24. The van der Waals surface area contributed by atoms with E-state index in [-0.39, 0.29) is 17.3 Å². The Bertz CT molecular complexity index is 498. The summed E-state index contributed by atoms with van der Waals surface area (Å²) in [5.41, 5.74) is 0.563. The largest absolute Gasteiger partial charge is 0.293 e. The van der Waals surface area contributed by atoms with Gasteiger partial charge in [-0.25, -0.2) is 8.42 Å². The lowest BCUT2D eigenvalue weighted by Crippen LogP contribution is -2.19. The Morgan fingerprint density at radius 1 is 1.35 bits per heavy atom. The number of aryl methyl sites for hydroxylation is 2. The molecular weight excluding hydrogens is 256 g/mol. The number of ketones is 1. The van der Waals surface area contributed by atoms with Gasteiger partial charge in [0, 0.05) is 15.3 Å². The standard InChI is InChI=1S/C12H18O3S2/c1-4-5-6-17(14,15)8-12(13)11-7-9(2)16-10(11)3/h7H,4-6,8H2,1-3H3. The molecule has 0 aliphatic carbocycles. The molecule has 0 fully saturated rings. The van der Waals surface area contributed by atoms with Gasteiger partial charge in [0.25, 0.3) is 0 Å². The number of hydrogen-bond donors (Lipinski definition) is 0. The molecule has 0 amide bonds. The smallest absolute Gasteiger partial charge is 0.178 e. The molecule has 3 nitrogen and oxygen atoms in total. The van der Waals surface area contributed by atoms with Crippen LogP contribution in [0.5, 0.6) is 0 Å². The first-order valence-corrected chi connectivity index (χ1v) is 8.30. The summed E-state index contributed by atoms with van der Waals surface area (Å²) in [7, 11) is -3.24. The fraction of sp³-hybridized carbons (Fsp3) is 0.583. The first-order valence-electron chi connectivity index (χ1n) is 5.66. The highest BCUT2D eigenvalue weighted by Gasteiger charge is 2.19. The summed E-state index contributed by atoms with van der Waals surface area (Å²) in [4.78, 5) is 13.8. The van der Waals surface area contributed by atoms with Crippen LogP contribution in [0.1, 0.15) is 39.9 Å². The van der Waals surface area contributed by atoms with Crippen molar-refractivity contribution in [2.75, 3.05) is 11.5 Å². The van der Waals surface area contributed by atoms with Crippen LogP contribution >= 0.6 is 11.3 Å². The zero-order chi connectivity index (χ0) is 13.1. The summed E-state index contributed by atoms with van der Waals surface area (Å²) in [5.74, 6) is -0.524. The molecule has 0 saturated heterocycles. The van der Waals surface area contributed by atoms with E-state index in [0.717, 1.165) is 16.2 Å². The predicted molar refractivity (Wildman–Crippen MR) is 71.7 cm³/mol. The fourth-order valence-corrected chi connectivity index (χ4v) is 3.99. The van der Waals surface area contributed by atoms with Gasteiger partial charge in [0.15, 0.2) is 15.6 Å². The average molecular weight is 274 g/mol. The van der Waals surface area contributed by atoms with E-state index >= 15 is 0 Å².